The van der Waals surface area contributed by atoms with E-state index in [1.165, 1.54) is 19.3 Å². The van der Waals surface area contributed by atoms with Crippen LogP contribution < -0.4 is 16.0 Å². The van der Waals surface area contributed by atoms with E-state index in [-0.39, 0.29) is 5.91 Å². The molecule has 0 aromatic carbocycles. The van der Waals surface area contributed by atoms with E-state index in [0.717, 1.165) is 31.9 Å². The highest BCUT2D eigenvalue weighted by Gasteiger charge is 2.05. The number of unbranched alkanes of at least 4 members (excludes halogenated alkanes) is 2. The summed E-state index contributed by atoms with van der Waals surface area (Å²) in [5, 5.41) is 9.49. The predicted octanol–water partition coefficient (Wildman–Crippen LogP) is 2.43. The van der Waals surface area contributed by atoms with Gasteiger partial charge in [0.05, 0.1) is 6.54 Å². The zero-order valence-corrected chi connectivity index (χ0v) is 14.3. The van der Waals surface area contributed by atoms with E-state index in [2.05, 4.69) is 34.8 Å². The molecule has 0 aliphatic carbocycles. The molecule has 0 radical (unpaired) electrons. The maximum atomic E-state index is 11.5. The van der Waals surface area contributed by atoms with Crippen LogP contribution >= 0.6 is 0 Å². The van der Waals surface area contributed by atoms with Crippen molar-refractivity contribution in [2.24, 2.45) is 4.99 Å². The van der Waals surface area contributed by atoms with Gasteiger partial charge in [0.15, 0.2) is 5.96 Å². The molecule has 0 saturated heterocycles. The second-order valence-corrected chi connectivity index (χ2v) is 5.40. The van der Waals surface area contributed by atoms with E-state index in [4.69, 9.17) is 0 Å². The molecule has 21 heavy (non-hydrogen) atoms. The summed E-state index contributed by atoms with van der Waals surface area (Å²) in [5.74, 6) is 0.886. The van der Waals surface area contributed by atoms with Crippen LogP contribution in [0.4, 0.5) is 0 Å². The number of nitrogens with zero attached hydrogens (tertiary/aromatic N) is 1. The van der Waals surface area contributed by atoms with Crippen LogP contribution in [0.15, 0.2) is 4.99 Å². The van der Waals surface area contributed by atoms with Gasteiger partial charge in [-0.05, 0) is 26.7 Å². The molecule has 124 valence electrons. The summed E-state index contributed by atoms with van der Waals surface area (Å²) in [6, 6.07) is 0.406. The monoisotopic (exact) mass is 298 g/mol. The SMILES string of the molecule is CCCCCC(C)NC(=NCCC(=O)NCCC)NCC. The first kappa shape index (κ1) is 19.7. The maximum absolute atomic E-state index is 11.5. The second-order valence-electron chi connectivity index (χ2n) is 5.40. The van der Waals surface area contributed by atoms with Gasteiger partial charge in [0.1, 0.15) is 0 Å². The van der Waals surface area contributed by atoms with Crippen molar-refractivity contribution in [3.8, 4) is 0 Å². The molecule has 5 nitrogen and oxygen atoms in total. The van der Waals surface area contributed by atoms with Crippen molar-refractivity contribution in [3.05, 3.63) is 0 Å². The Kier molecular flexibility index (Phi) is 12.9. The minimum Gasteiger partial charge on any atom is -0.357 e. The fourth-order valence-corrected chi connectivity index (χ4v) is 1.95. The van der Waals surface area contributed by atoms with E-state index < -0.39 is 0 Å². The standard InChI is InChI=1S/C16H34N4O/c1-5-8-9-10-14(4)20-16(17-7-3)19-13-11-15(21)18-12-6-2/h14H,5-13H2,1-4H3,(H,18,21)(H2,17,19,20). The lowest BCUT2D eigenvalue weighted by atomic mass is 10.1. The summed E-state index contributed by atoms with van der Waals surface area (Å²) in [4.78, 5) is 16.0. The molecule has 0 spiro atoms. The van der Waals surface area contributed by atoms with Gasteiger partial charge in [0.25, 0.3) is 0 Å². The number of hydrogen-bond acceptors (Lipinski definition) is 2. The number of guanidine groups is 1. The summed E-state index contributed by atoms with van der Waals surface area (Å²) in [5.41, 5.74) is 0. The Labute approximate surface area is 130 Å². The third kappa shape index (κ3) is 12.2. The van der Waals surface area contributed by atoms with Gasteiger partial charge >= 0.3 is 0 Å². The van der Waals surface area contributed by atoms with Crippen molar-refractivity contribution in [2.75, 3.05) is 19.6 Å². The lowest BCUT2D eigenvalue weighted by molar-refractivity contribution is -0.120. The summed E-state index contributed by atoms with van der Waals surface area (Å²) < 4.78 is 0. The minimum atomic E-state index is 0.0763. The fourth-order valence-electron chi connectivity index (χ4n) is 1.95. The van der Waals surface area contributed by atoms with Gasteiger partial charge in [0, 0.05) is 25.6 Å². The molecule has 1 atom stereocenters. The lowest BCUT2D eigenvalue weighted by Gasteiger charge is -2.17. The van der Waals surface area contributed by atoms with Crippen LogP contribution in [-0.4, -0.2) is 37.5 Å². The van der Waals surface area contributed by atoms with E-state index in [1.807, 2.05) is 13.8 Å². The quantitative estimate of drug-likeness (QED) is 0.312. The molecule has 0 saturated carbocycles. The molecule has 1 unspecified atom stereocenters. The Morgan fingerprint density at radius 2 is 1.86 bits per heavy atom. The molecule has 0 bridgehead atoms. The third-order valence-corrected chi connectivity index (χ3v) is 3.15. The largest absolute Gasteiger partial charge is 0.357 e. The van der Waals surface area contributed by atoms with Crippen molar-refractivity contribution in [1.82, 2.24) is 16.0 Å². The van der Waals surface area contributed by atoms with Crippen LogP contribution in [0.25, 0.3) is 0 Å². The van der Waals surface area contributed by atoms with Crippen LogP contribution in [0.3, 0.4) is 0 Å². The maximum Gasteiger partial charge on any atom is 0.221 e. The average Bonchev–Trinajstić information content (AvgIpc) is 2.45. The highest BCUT2D eigenvalue weighted by atomic mass is 16.1. The van der Waals surface area contributed by atoms with Gasteiger partial charge in [-0.2, -0.15) is 0 Å². The topological polar surface area (TPSA) is 65.5 Å². The van der Waals surface area contributed by atoms with Crippen molar-refractivity contribution >= 4 is 11.9 Å². The third-order valence-electron chi connectivity index (χ3n) is 3.15. The van der Waals surface area contributed by atoms with Gasteiger partial charge in [-0.15, -0.1) is 0 Å². The Bertz CT molecular complexity index is 292. The number of rotatable bonds is 11. The molecule has 0 rings (SSSR count). The number of hydrogen-bond donors (Lipinski definition) is 3. The van der Waals surface area contributed by atoms with E-state index in [0.29, 0.717) is 19.0 Å². The van der Waals surface area contributed by atoms with Gasteiger partial charge in [-0.1, -0.05) is 33.1 Å². The first-order valence-electron chi connectivity index (χ1n) is 8.45. The number of nitrogens with one attached hydrogen (secondary N) is 3. The molecule has 0 aromatic rings. The zero-order valence-electron chi connectivity index (χ0n) is 14.3. The summed E-state index contributed by atoms with van der Waals surface area (Å²) in [6.07, 6.45) is 6.32. The number of aliphatic imine (C=N–C) groups is 1. The van der Waals surface area contributed by atoms with Crippen molar-refractivity contribution in [2.45, 2.75) is 72.3 Å². The van der Waals surface area contributed by atoms with Crippen molar-refractivity contribution in [1.29, 1.82) is 0 Å². The van der Waals surface area contributed by atoms with Gasteiger partial charge in [-0.3, -0.25) is 9.79 Å². The molecule has 5 heteroatoms. The number of carbonyl (C=O) groups is 1. The van der Waals surface area contributed by atoms with Crippen LogP contribution in [0, 0.1) is 0 Å². The molecule has 0 heterocycles. The minimum absolute atomic E-state index is 0.0763. The average molecular weight is 298 g/mol. The summed E-state index contributed by atoms with van der Waals surface area (Å²) in [7, 11) is 0. The highest BCUT2D eigenvalue weighted by Crippen LogP contribution is 2.02. The van der Waals surface area contributed by atoms with E-state index in [9.17, 15) is 4.79 Å². The van der Waals surface area contributed by atoms with E-state index in [1.54, 1.807) is 0 Å². The number of carbonyl (C=O) groups excluding carboxylic acids is 1. The normalized spacial score (nSPS) is 12.9. The number of amides is 1. The summed E-state index contributed by atoms with van der Waals surface area (Å²) >= 11 is 0. The molecular weight excluding hydrogens is 264 g/mol. The molecule has 0 aliphatic heterocycles. The Morgan fingerprint density at radius 1 is 1.10 bits per heavy atom. The molecular formula is C16H34N4O. The van der Waals surface area contributed by atoms with Gasteiger partial charge < -0.3 is 16.0 Å². The molecule has 0 aromatic heterocycles. The zero-order chi connectivity index (χ0) is 15.9. The predicted molar refractivity (Wildman–Crippen MR) is 90.6 cm³/mol. The molecule has 0 fully saturated rings. The van der Waals surface area contributed by atoms with Crippen LogP contribution in [0.1, 0.15) is 66.2 Å². The Morgan fingerprint density at radius 3 is 2.48 bits per heavy atom. The molecule has 0 aliphatic rings. The van der Waals surface area contributed by atoms with Crippen LogP contribution in [0.5, 0.6) is 0 Å². The molecule has 1 amide bonds. The van der Waals surface area contributed by atoms with Crippen molar-refractivity contribution in [3.63, 3.8) is 0 Å². The van der Waals surface area contributed by atoms with Gasteiger partial charge in [-0.25, -0.2) is 0 Å². The Hall–Kier alpha value is -1.26. The summed E-state index contributed by atoms with van der Waals surface area (Å²) in [6.45, 7) is 10.6. The smallest absolute Gasteiger partial charge is 0.221 e. The first-order chi connectivity index (χ1) is 10.1. The fraction of sp³-hybridized carbons (Fsp3) is 0.875. The second kappa shape index (κ2) is 13.7. The first-order valence-corrected chi connectivity index (χ1v) is 8.45. The Balaban J connectivity index is 4.08. The molecule has 3 N–H and O–H groups in total. The van der Waals surface area contributed by atoms with Crippen LogP contribution in [0.2, 0.25) is 0 Å². The van der Waals surface area contributed by atoms with E-state index >= 15 is 0 Å². The van der Waals surface area contributed by atoms with Gasteiger partial charge in [0.2, 0.25) is 5.91 Å². The highest BCUT2D eigenvalue weighted by molar-refractivity contribution is 5.81. The van der Waals surface area contributed by atoms with Crippen LogP contribution in [-0.2, 0) is 4.79 Å². The lowest BCUT2D eigenvalue weighted by Crippen LogP contribution is -2.42. The van der Waals surface area contributed by atoms with Crippen molar-refractivity contribution < 1.29 is 4.79 Å².